The maximum Gasteiger partial charge on any atom is 0.251 e. The first-order chi connectivity index (χ1) is 12.2. The van der Waals surface area contributed by atoms with Crippen molar-refractivity contribution in [3.63, 3.8) is 0 Å². The van der Waals surface area contributed by atoms with Gasteiger partial charge in [0, 0.05) is 49.7 Å². The highest BCUT2D eigenvalue weighted by Gasteiger charge is 2.35. The van der Waals surface area contributed by atoms with Crippen molar-refractivity contribution in [2.24, 2.45) is 0 Å². The molecule has 6 nitrogen and oxygen atoms in total. The van der Waals surface area contributed by atoms with Gasteiger partial charge in [-0.15, -0.1) is 0 Å². The molecule has 4 rings (SSSR count). The Morgan fingerprint density at radius 2 is 2.00 bits per heavy atom. The zero-order valence-electron chi connectivity index (χ0n) is 14.0. The average molecular weight is 358 g/mol. The topological polar surface area (TPSA) is 60.6 Å². The molecule has 1 unspecified atom stereocenters. The number of carbonyl (C=O) groups is 1. The lowest BCUT2D eigenvalue weighted by atomic mass is 10.1. The fourth-order valence-electron chi connectivity index (χ4n) is 3.51. The van der Waals surface area contributed by atoms with Crippen molar-refractivity contribution in [2.75, 3.05) is 39.4 Å². The van der Waals surface area contributed by atoms with Gasteiger partial charge in [0.1, 0.15) is 6.04 Å². The highest BCUT2D eigenvalue weighted by Crippen LogP contribution is 2.21. The molecule has 0 saturated carbocycles. The maximum atomic E-state index is 12.8. The van der Waals surface area contributed by atoms with Gasteiger partial charge in [-0.05, 0) is 23.8 Å². The predicted molar refractivity (Wildman–Crippen MR) is 100 cm³/mol. The van der Waals surface area contributed by atoms with Crippen LogP contribution in [0.15, 0.2) is 30.5 Å². The summed E-state index contributed by atoms with van der Waals surface area (Å²) in [6, 6.07) is 7.86. The quantitative estimate of drug-likeness (QED) is 0.785. The summed E-state index contributed by atoms with van der Waals surface area (Å²) in [5, 5.41) is 4.90. The molecule has 1 atom stereocenters. The van der Waals surface area contributed by atoms with Crippen molar-refractivity contribution in [3.05, 3.63) is 36.0 Å². The number of aromatic nitrogens is 1. The molecule has 2 saturated heterocycles. The van der Waals surface area contributed by atoms with Crippen LogP contribution in [0.25, 0.3) is 10.9 Å². The number of nitrogens with zero attached hydrogens (tertiary/aromatic N) is 2. The number of ether oxygens (including phenoxy) is 1. The molecule has 2 fully saturated rings. The fraction of sp³-hybridized carbons (Fsp3) is 0.444. The molecular formula is C18H22N4O2S. The molecule has 1 aromatic carbocycles. The summed E-state index contributed by atoms with van der Waals surface area (Å²) in [5.74, 6) is 0.0727. The van der Waals surface area contributed by atoms with Gasteiger partial charge in [0.15, 0.2) is 5.11 Å². The van der Waals surface area contributed by atoms with Crippen molar-refractivity contribution < 1.29 is 9.53 Å². The predicted octanol–water partition coefficient (Wildman–Crippen LogP) is 1.13. The monoisotopic (exact) mass is 358 g/mol. The van der Waals surface area contributed by atoms with Crippen molar-refractivity contribution in [1.29, 1.82) is 0 Å². The number of H-pyrrole nitrogens is 1. The van der Waals surface area contributed by atoms with E-state index in [1.807, 2.05) is 24.4 Å². The number of nitrogens with one attached hydrogen (secondary N) is 2. The third kappa shape index (κ3) is 3.40. The maximum absolute atomic E-state index is 12.8. The highest BCUT2D eigenvalue weighted by atomic mass is 32.1. The summed E-state index contributed by atoms with van der Waals surface area (Å²) >= 11 is 5.40. The Morgan fingerprint density at radius 1 is 1.20 bits per heavy atom. The van der Waals surface area contributed by atoms with Gasteiger partial charge >= 0.3 is 0 Å². The first-order valence-corrected chi connectivity index (χ1v) is 9.10. The highest BCUT2D eigenvalue weighted by molar-refractivity contribution is 7.80. The number of morpholine rings is 1. The van der Waals surface area contributed by atoms with Crippen LogP contribution in [0.5, 0.6) is 0 Å². The van der Waals surface area contributed by atoms with Crippen molar-refractivity contribution in [3.8, 4) is 0 Å². The Kier molecular flexibility index (Phi) is 4.70. The molecule has 2 N–H and O–H groups in total. The molecule has 2 aliphatic heterocycles. The summed E-state index contributed by atoms with van der Waals surface area (Å²) in [7, 11) is 0. The number of hydrogen-bond donors (Lipinski definition) is 2. The molecule has 1 amide bonds. The molecule has 7 heteroatoms. The van der Waals surface area contributed by atoms with E-state index in [2.05, 4.69) is 21.3 Å². The second kappa shape index (κ2) is 7.11. The SMILES string of the molecule is O=C1C(Cc2c[nH]c3ccccc23)NC(=S)N1CCN1CCOCC1. The summed E-state index contributed by atoms with van der Waals surface area (Å²) in [5.41, 5.74) is 2.23. The van der Waals surface area contributed by atoms with E-state index in [4.69, 9.17) is 17.0 Å². The summed E-state index contributed by atoms with van der Waals surface area (Å²) in [6.07, 6.45) is 2.62. The number of hydrogen-bond acceptors (Lipinski definition) is 4. The van der Waals surface area contributed by atoms with Crippen LogP contribution in [0.1, 0.15) is 5.56 Å². The van der Waals surface area contributed by atoms with Crippen LogP contribution < -0.4 is 5.32 Å². The van der Waals surface area contributed by atoms with Gasteiger partial charge in [-0.1, -0.05) is 18.2 Å². The van der Waals surface area contributed by atoms with Crippen LogP contribution in [0.4, 0.5) is 0 Å². The van der Waals surface area contributed by atoms with Gasteiger partial charge < -0.3 is 15.0 Å². The summed E-state index contributed by atoms with van der Waals surface area (Å²) < 4.78 is 5.36. The van der Waals surface area contributed by atoms with E-state index in [0.29, 0.717) is 18.1 Å². The van der Waals surface area contributed by atoms with E-state index in [1.54, 1.807) is 4.90 Å². The fourth-order valence-corrected chi connectivity index (χ4v) is 3.84. The lowest BCUT2D eigenvalue weighted by Gasteiger charge is -2.28. The standard InChI is InChI=1S/C18H22N4O2S/c23-17-16(11-13-12-19-15-4-2-1-3-14(13)15)20-18(25)22(17)6-5-21-7-9-24-10-8-21/h1-4,12,16,19H,5-11H2,(H,20,25). The molecule has 0 spiro atoms. The third-order valence-electron chi connectivity index (χ3n) is 4.95. The van der Waals surface area contributed by atoms with E-state index in [0.717, 1.165) is 49.3 Å². The van der Waals surface area contributed by atoms with Crippen LogP contribution in [0.2, 0.25) is 0 Å². The van der Waals surface area contributed by atoms with Gasteiger partial charge in [0.25, 0.3) is 5.91 Å². The molecule has 2 aromatic rings. The smallest absolute Gasteiger partial charge is 0.251 e. The van der Waals surface area contributed by atoms with Crippen molar-refractivity contribution >= 4 is 34.1 Å². The van der Waals surface area contributed by atoms with E-state index in [-0.39, 0.29) is 11.9 Å². The lowest BCUT2D eigenvalue weighted by Crippen LogP contribution is -2.43. The van der Waals surface area contributed by atoms with Gasteiger partial charge in [-0.3, -0.25) is 14.6 Å². The first-order valence-electron chi connectivity index (χ1n) is 8.69. The van der Waals surface area contributed by atoms with Gasteiger partial charge in [0.2, 0.25) is 0 Å². The van der Waals surface area contributed by atoms with Gasteiger partial charge in [-0.25, -0.2) is 0 Å². The molecule has 0 aliphatic carbocycles. The molecule has 0 radical (unpaired) electrons. The number of rotatable bonds is 5. The van der Waals surface area contributed by atoms with Gasteiger partial charge in [-0.2, -0.15) is 0 Å². The third-order valence-corrected chi connectivity index (χ3v) is 5.29. The molecule has 0 bridgehead atoms. The van der Waals surface area contributed by atoms with E-state index >= 15 is 0 Å². The van der Waals surface area contributed by atoms with Crippen LogP contribution in [-0.4, -0.2) is 71.2 Å². The Labute approximate surface area is 152 Å². The Hall–Kier alpha value is -1.96. The number of carbonyl (C=O) groups excluding carboxylic acids is 1. The zero-order chi connectivity index (χ0) is 17.2. The van der Waals surface area contributed by atoms with Crippen LogP contribution in [-0.2, 0) is 16.0 Å². The minimum absolute atomic E-state index is 0.0727. The molecule has 25 heavy (non-hydrogen) atoms. The zero-order valence-corrected chi connectivity index (χ0v) is 14.8. The Balaban J connectivity index is 1.40. The van der Waals surface area contributed by atoms with E-state index in [1.165, 1.54) is 0 Å². The van der Waals surface area contributed by atoms with E-state index in [9.17, 15) is 4.79 Å². The second-order valence-electron chi connectivity index (χ2n) is 6.51. The number of benzene rings is 1. The average Bonchev–Trinajstić information content (AvgIpc) is 3.16. The number of thiocarbonyl (C=S) groups is 1. The molecule has 1 aromatic heterocycles. The van der Waals surface area contributed by atoms with Crippen molar-refractivity contribution in [2.45, 2.75) is 12.5 Å². The van der Waals surface area contributed by atoms with Crippen molar-refractivity contribution in [1.82, 2.24) is 20.1 Å². The minimum atomic E-state index is -0.281. The number of aromatic amines is 1. The number of para-hydroxylation sites is 1. The Morgan fingerprint density at radius 3 is 2.84 bits per heavy atom. The Bertz CT molecular complexity index is 784. The number of fused-ring (bicyclic) bond motifs is 1. The molecule has 3 heterocycles. The molecule has 2 aliphatic rings. The second-order valence-corrected chi connectivity index (χ2v) is 6.90. The normalized spacial score (nSPS) is 21.9. The molecular weight excluding hydrogens is 336 g/mol. The first kappa shape index (κ1) is 16.5. The van der Waals surface area contributed by atoms with Crippen LogP contribution >= 0.6 is 12.2 Å². The van der Waals surface area contributed by atoms with E-state index < -0.39 is 0 Å². The lowest BCUT2D eigenvalue weighted by molar-refractivity contribution is -0.127. The van der Waals surface area contributed by atoms with Crippen LogP contribution in [0, 0.1) is 0 Å². The van der Waals surface area contributed by atoms with Gasteiger partial charge in [0.05, 0.1) is 13.2 Å². The number of amides is 1. The summed E-state index contributed by atoms with van der Waals surface area (Å²) in [4.78, 5) is 20.1. The largest absolute Gasteiger partial charge is 0.379 e. The summed E-state index contributed by atoms with van der Waals surface area (Å²) in [6.45, 7) is 4.83. The van der Waals surface area contributed by atoms with Crippen LogP contribution in [0.3, 0.4) is 0 Å². The minimum Gasteiger partial charge on any atom is -0.379 e. The molecule has 132 valence electrons.